The van der Waals surface area contributed by atoms with Gasteiger partial charge in [0.1, 0.15) is 11.5 Å². The van der Waals surface area contributed by atoms with Gasteiger partial charge in [0.15, 0.2) is 5.76 Å². The number of benzene rings is 1. The fraction of sp³-hybridized carbons (Fsp3) is 0.267. The van der Waals surface area contributed by atoms with Crippen LogP contribution in [-0.4, -0.2) is 13.0 Å². The van der Waals surface area contributed by atoms with Gasteiger partial charge in [0, 0.05) is 18.5 Å². The van der Waals surface area contributed by atoms with Crippen molar-refractivity contribution in [1.82, 2.24) is 5.32 Å². The number of nitrogens with one attached hydrogen (secondary N) is 1. The van der Waals surface area contributed by atoms with E-state index in [0.29, 0.717) is 12.3 Å². The minimum atomic E-state index is -0.217. The van der Waals surface area contributed by atoms with E-state index in [1.807, 2.05) is 37.3 Å². The van der Waals surface area contributed by atoms with Crippen molar-refractivity contribution in [2.24, 2.45) is 0 Å². The Bertz CT molecular complexity index is 560. The molecule has 0 spiro atoms. The number of para-hydroxylation sites is 1. The Balaban J connectivity index is 2.00. The highest BCUT2D eigenvalue weighted by atomic mass is 16.5. The average molecular weight is 259 g/mol. The maximum atomic E-state index is 11.9. The van der Waals surface area contributed by atoms with Crippen LogP contribution in [0.1, 0.15) is 28.8 Å². The van der Waals surface area contributed by atoms with Gasteiger partial charge >= 0.3 is 0 Å². The van der Waals surface area contributed by atoms with Gasteiger partial charge in [-0.05, 0) is 18.2 Å². The molecule has 0 radical (unpaired) electrons. The van der Waals surface area contributed by atoms with Crippen LogP contribution in [0, 0.1) is 0 Å². The SMILES string of the molecule is CCc1ccc(C(=O)NCc2ccccc2OC)o1. The quantitative estimate of drug-likeness (QED) is 0.898. The smallest absolute Gasteiger partial charge is 0.287 e. The highest BCUT2D eigenvalue weighted by Gasteiger charge is 2.11. The number of hydrogen-bond acceptors (Lipinski definition) is 3. The van der Waals surface area contributed by atoms with E-state index < -0.39 is 0 Å². The Hall–Kier alpha value is -2.23. The van der Waals surface area contributed by atoms with Crippen molar-refractivity contribution in [2.75, 3.05) is 7.11 Å². The Kier molecular flexibility index (Phi) is 4.23. The Morgan fingerprint density at radius 2 is 2.05 bits per heavy atom. The minimum Gasteiger partial charge on any atom is -0.496 e. The summed E-state index contributed by atoms with van der Waals surface area (Å²) < 4.78 is 10.6. The third-order valence-electron chi connectivity index (χ3n) is 2.87. The van der Waals surface area contributed by atoms with E-state index in [9.17, 15) is 4.79 Å². The molecular weight excluding hydrogens is 242 g/mol. The first-order valence-electron chi connectivity index (χ1n) is 6.23. The molecule has 100 valence electrons. The van der Waals surface area contributed by atoms with Crippen molar-refractivity contribution in [3.63, 3.8) is 0 Å². The molecule has 0 aliphatic carbocycles. The van der Waals surface area contributed by atoms with Gasteiger partial charge in [0.2, 0.25) is 0 Å². The zero-order valence-electron chi connectivity index (χ0n) is 11.1. The molecular formula is C15H17NO3. The Morgan fingerprint density at radius 3 is 2.74 bits per heavy atom. The van der Waals surface area contributed by atoms with Gasteiger partial charge in [0.25, 0.3) is 5.91 Å². The predicted octanol–water partition coefficient (Wildman–Crippen LogP) is 2.78. The predicted molar refractivity (Wildman–Crippen MR) is 72.3 cm³/mol. The van der Waals surface area contributed by atoms with Crippen molar-refractivity contribution >= 4 is 5.91 Å². The molecule has 1 N–H and O–H groups in total. The number of aryl methyl sites for hydroxylation is 1. The molecule has 19 heavy (non-hydrogen) atoms. The Labute approximate surface area is 112 Å². The maximum absolute atomic E-state index is 11.9. The lowest BCUT2D eigenvalue weighted by molar-refractivity contribution is 0.0921. The highest BCUT2D eigenvalue weighted by Crippen LogP contribution is 2.17. The van der Waals surface area contributed by atoms with E-state index in [1.165, 1.54) is 0 Å². The van der Waals surface area contributed by atoms with Gasteiger partial charge in [-0.1, -0.05) is 25.1 Å². The number of ether oxygens (including phenoxy) is 1. The summed E-state index contributed by atoms with van der Waals surface area (Å²) in [6.07, 6.45) is 0.778. The maximum Gasteiger partial charge on any atom is 0.287 e. The van der Waals surface area contributed by atoms with Crippen LogP contribution in [0.15, 0.2) is 40.8 Å². The highest BCUT2D eigenvalue weighted by molar-refractivity contribution is 5.91. The number of amides is 1. The number of carbonyl (C=O) groups is 1. The summed E-state index contributed by atoms with van der Waals surface area (Å²) in [7, 11) is 1.61. The van der Waals surface area contributed by atoms with Crippen molar-refractivity contribution in [3.05, 3.63) is 53.5 Å². The molecule has 0 unspecified atom stereocenters. The second-order valence-corrected chi connectivity index (χ2v) is 4.11. The minimum absolute atomic E-state index is 0.217. The third-order valence-corrected chi connectivity index (χ3v) is 2.87. The summed E-state index contributed by atoms with van der Waals surface area (Å²) in [5, 5.41) is 2.81. The molecule has 0 saturated carbocycles. The number of hydrogen-bond donors (Lipinski definition) is 1. The third kappa shape index (κ3) is 3.16. The normalized spacial score (nSPS) is 10.2. The summed E-state index contributed by atoms with van der Waals surface area (Å²) in [5.41, 5.74) is 0.931. The van der Waals surface area contributed by atoms with Crippen LogP contribution in [0.2, 0.25) is 0 Å². The lowest BCUT2D eigenvalue weighted by atomic mass is 10.2. The molecule has 0 aliphatic heterocycles. The van der Waals surface area contributed by atoms with Crippen LogP contribution in [0.3, 0.4) is 0 Å². The number of methoxy groups -OCH3 is 1. The van der Waals surface area contributed by atoms with Crippen LogP contribution in [0.5, 0.6) is 5.75 Å². The fourth-order valence-electron chi connectivity index (χ4n) is 1.80. The van der Waals surface area contributed by atoms with Crippen LogP contribution < -0.4 is 10.1 Å². The van der Waals surface area contributed by atoms with Gasteiger partial charge in [0.05, 0.1) is 7.11 Å². The molecule has 4 nitrogen and oxygen atoms in total. The zero-order valence-corrected chi connectivity index (χ0v) is 11.1. The Morgan fingerprint density at radius 1 is 1.26 bits per heavy atom. The molecule has 2 aromatic rings. The van der Waals surface area contributed by atoms with Crippen LogP contribution >= 0.6 is 0 Å². The van der Waals surface area contributed by atoms with Crippen LogP contribution in [0.4, 0.5) is 0 Å². The molecule has 0 atom stereocenters. The standard InChI is InChI=1S/C15H17NO3/c1-3-12-8-9-14(19-12)15(17)16-10-11-6-4-5-7-13(11)18-2/h4-9H,3,10H2,1-2H3,(H,16,17). The van der Waals surface area contributed by atoms with E-state index in [-0.39, 0.29) is 5.91 Å². The first-order valence-corrected chi connectivity index (χ1v) is 6.23. The van der Waals surface area contributed by atoms with Crippen molar-refractivity contribution in [3.8, 4) is 5.75 Å². The summed E-state index contributed by atoms with van der Waals surface area (Å²) in [6.45, 7) is 2.39. The van der Waals surface area contributed by atoms with Crippen LogP contribution in [0.25, 0.3) is 0 Å². The second kappa shape index (κ2) is 6.09. The molecule has 1 amide bonds. The largest absolute Gasteiger partial charge is 0.496 e. The summed E-state index contributed by atoms with van der Waals surface area (Å²) in [5.74, 6) is 1.69. The van der Waals surface area contributed by atoms with Gasteiger partial charge in [-0.25, -0.2) is 0 Å². The number of furan rings is 1. The zero-order chi connectivity index (χ0) is 13.7. The van der Waals surface area contributed by atoms with E-state index in [1.54, 1.807) is 13.2 Å². The van der Waals surface area contributed by atoms with Gasteiger partial charge in [-0.15, -0.1) is 0 Å². The van der Waals surface area contributed by atoms with Crippen molar-refractivity contribution < 1.29 is 13.9 Å². The van der Waals surface area contributed by atoms with E-state index in [4.69, 9.17) is 9.15 Å². The molecule has 0 fully saturated rings. The molecule has 0 bridgehead atoms. The lowest BCUT2D eigenvalue weighted by Gasteiger charge is -2.08. The molecule has 0 saturated heterocycles. The number of rotatable bonds is 5. The van der Waals surface area contributed by atoms with E-state index in [0.717, 1.165) is 23.5 Å². The summed E-state index contributed by atoms with van der Waals surface area (Å²) in [6, 6.07) is 11.1. The topological polar surface area (TPSA) is 51.5 Å². The van der Waals surface area contributed by atoms with E-state index in [2.05, 4.69) is 5.32 Å². The average Bonchev–Trinajstić information content (AvgIpc) is 2.94. The fourth-order valence-corrected chi connectivity index (χ4v) is 1.80. The van der Waals surface area contributed by atoms with Gasteiger partial charge in [-0.3, -0.25) is 4.79 Å². The summed E-state index contributed by atoms with van der Waals surface area (Å²) >= 11 is 0. The monoisotopic (exact) mass is 259 g/mol. The molecule has 2 rings (SSSR count). The van der Waals surface area contributed by atoms with Crippen molar-refractivity contribution in [1.29, 1.82) is 0 Å². The molecule has 1 aromatic heterocycles. The summed E-state index contributed by atoms with van der Waals surface area (Å²) in [4.78, 5) is 11.9. The lowest BCUT2D eigenvalue weighted by Crippen LogP contribution is -2.22. The van der Waals surface area contributed by atoms with Gasteiger partial charge in [-0.2, -0.15) is 0 Å². The molecule has 4 heteroatoms. The second-order valence-electron chi connectivity index (χ2n) is 4.11. The molecule has 1 aromatic carbocycles. The molecule has 0 aliphatic rings. The first-order chi connectivity index (χ1) is 9.24. The number of carbonyl (C=O) groups excluding carboxylic acids is 1. The van der Waals surface area contributed by atoms with E-state index >= 15 is 0 Å². The van der Waals surface area contributed by atoms with Crippen LogP contribution in [-0.2, 0) is 13.0 Å². The van der Waals surface area contributed by atoms with Crippen molar-refractivity contribution in [2.45, 2.75) is 19.9 Å². The van der Waals surface area contributed by atoms with Gasteiger partial charge < -0.3 is 14.5 Å². The molecule has 1 heterocycles. The first kappa shape index (κ1) is 13.2.